The van der Waals surface area contributed by atoms with Gasteiger partial charge in [-0.25, -0.2) is 4.79 Å². The number of anilines is 1. The number of rotatable bonds is 3. The Morgan fingerprint density at radius 3 is 2.43 bits per heavy atom. The summed E-state index contributed by atoms with van der Waals surface area (Å²) in [7, 11) is 0. The summed E-state index contributed by atoms with van der Waals surface area (Å²) in [6.45, 7) is 4.59. The van der Waals surface area contributed by atoms with E-state index in [0.29, 0.717) is 5.56 Å². The van der Waals surface area contributed by atoms with Crippen LogP contribution in [0.25, 0.3) is 0 Å². The molecule has 1 aromatic rings. The predicted molar refractivity (Wildman–Crippen MR) is 84.1 cm³/mol. The van der Waals surface area contributed by atoms with Gasteiger partial charge in [0.1, 0.15) is 0 Å². The molecule has 2 heterocycles. The first-order chi connectivity index (χ1) is 10.2. The third-order valence-electron chi connectivity index (χ3n) is 4.83. The van der Waals surface area contributed by atoms with Crippen molar-refractivity contribution in [2.45, 2.75) is 38.1 Å². The molecule has 0 aromatic heterocycles. The van der Waals surface area contributed by atoms with Crippen molar-refractivity contribution in [1.29, 1.82) is 0 Å². The Morgan fingerprint density at radius 1 is 1.05 bits per heavy atom. The van der Waals surface area contributed by atoms with E-state index in [4.69, 9.17) is 5.11 Å². The molecule has 2 saturated heterocycles. The molecule has 1 N–H and O–H groups in total. The van der Waals surface area contributed by atoms with Crippen LogP contribution in [0.2, 0.25) is 0 Å². The van der Waals surface area contributed by atoms with E-state index in [-0.39, 0.29) is 0 Å². The van der Waals surface area contributed by atoms with E-state index in [1.807, 2.05) is 12.1 Å². The van der Waals surface area contributed by atoms with E-state index >= 15 is 0 Å². The van der Waals surface area contributed by atoms with Crippen LogP contribution in [0.5, 0.6) is 0 Å². The highest BCUT2D eigenvalue weighted by Gasteiger charge is 2.25. The SMILES string of the molecule is O=C(O)c1cccc(N2CCC(N3CCCCC3)CC2)c1. The maximum atomic E-state index is 11.1. The van der Waals surface area contributed by atoms with Gasteiger partial charge in [-0.05, 0) is 57.0 Å². The highest BCUT2D eigenvalue weighted by atomic mass is 16.4. The van der Waals surface area contributed by atoms with Crippen LogP contribution >= 0.6 is 0 Å². The van der Waals surface area contributed by atoms with Gasteiger partial charge in [0.05, 0.1) is 5.56 Å². The maximum Gasteiger partial charge on any atom is 0.335 e. The minimum absolute atomic E-state index is 0.380. The van der Waals surface area contributed by atoms with Crippen molar-refractivity contribution in [3.63, 3.8) is 0 Å². The van der Waals surface area contributed by atoms with E-state index in [2.05, 4.69) is 9.80 Å². The minimum atomic E-state index is -0.847. The van der Waals surface area contributed by atoms with Crippen LogP contribution in [0.4, 0.5) is 5.69 Å². The lowest BCUT2D eigenvalue weighted by atomic mass is 9.99. The Kier molecular flexibility index (Phi) is 4.44. The first-order valence-corrected chi connectivity index (χ1v) is 8.06. The Hall–Kier alpha value is -1.55. The summed E-state index contributed by atoms with van der Waals surface area (Å²) >= 11 is 0. The molecule has 0 amide bonds. The highest BCUT2D eigenvalue weighted by molar-refractivity contribution is 5.88. The van der Waals surface area contributed by atoms with Gasteiger partial charge in [-0.15, -0.1) is 0 Å². The Labute approximate surface area is 126 Å². The molecule has 2 aliphatic heterocycles. The molecule has 4 heteroatoms. The molecule has 0 spiro atoms. The molecule has 0 atom stereocenters. The lowest BCUT2D eigenvalue weighted by Crippen LogP contribution is -2.46. The molecule has 21 heavy (non-hydrogen) atoms. The van der Waals surface area contributed by atoms with Crippen molar-refractivity contribution < 1.29 is 9.90 Å². The smallest absolute Gasteiger partial charge is 0.335 e. The van der Waals surface area contributed by atoms with Crippen LogP contribution in [0, 0.1) is 0 Å². The van der Waals surface area contributed by atoms with Crippen molar-refractivity contribution in [2.75, 3.05) is 31.1 Å². The average molecular weight is 288 g/mol. The zero-order valence-electron chi connectivity index (χ0n) is 12.5. The lowest BCUT2D eigenvalue weighted by Gasteiger charge is -2.41. The second kappa shape index (κ2) is 6.48. The quantitative estimate of drug-likeness (QED) is 0.929. The van der Waals surface area contributed by atoms with E-state index in [1.54, 1.807) is 12.1 Å². The van der Waals surface area contributed by atoms with Crippen LogP contribution < -0.4 is 4.90 Å². The fourth-order valence-corrected chi connectivity index (χ4v) is 3.61. The van der Waals surface area contributed by atoms with Crippen LogP contribution in [-0.4, -0.2) is 48.2 Å². The summed E-state index contributed by atoms with van der Waals surface area (Å²) < 4.78 is 0. The van der Waals surface area contributed by atoms with Gasteiger partial charge in [-0.1, -0.05) is 12.5 Å². The first-order valence-electron chi connectivity index (χ1n) is 8.06. The molecule has 2 aliphatic rings. The molecule has 1 aromatic carbocycles. The van der Waals surface area contributed by atoms with Gasteiger partial charge in [-0.3, -0.25) is 0 Å². The van der Waals surface area contributed by atoms with E-state index in [0.717, 1.165) is 24.8 Å². The van der Waals surface area contributed by atoms with Crippen molar-refractivity contribution in [3.05, 3.63) is 29.8 Å². The second-order valence-electron chi connectivity index (χ2n) is 6.17. The van der Waals surface area contributed by atoms with E-state index in [1.165, 1.54) is 45.2 Å². The highest BCUT2D eigenvalue weighted by Crippen LogP contribution is 2.25. The number of hydrogen-bond donors (Lipinski definition) is 1. The zero-order chi connectivity index (χ0) is 14.7. The molecule has 0 aliphatic carbocycles. The van der Waals surface area contributed by atoms with Crippen molar-refractivity contribution in [2.24, 2.45) is 0 Å². The third-order valence-corrected chi connectivity index (χ3v) is 4.83. The molecule has 4 nitrogen and oxygen atoms in total. The standard InChI is InChI=1S/C17H24N2O2/c20-17(21)14-5-4-6-16(13-14)19-11-7-15(8-12-19)18-9-2-1-3-10-18/h4-6,13,15H,1-3,7-12H2,(H,20,21). The molecule has 0 unspecified atom stereocenters. The first kappa shape index (κ1) is 14.4. The maximum absolute atomic E-state index is 11.1. The monoisotopic (exact) mass is 288 g/mol. The number of piperidine rings is 2. The number of likely N-dealkylation sites (tertiary alicyclic amines) is 1. The number of nitrogens with zero attached hydrogens (tertiary/aromatic N) is 2. The largest absolute Gasteiger partial charge is 0.478 e. The normalized spacial score (nSPS) is 21.4. The Balaban J connectivity index is 1.60. The van der Waals surface area contributed by atoms with Gasteiger partial charge in [-0.2, -0.15) is 0 Å². The Morgan fingerprint density at radius 2 is 1.76 bits per heavy atom. The van der Waals surface area contributed by atoms with Crippen LogP contribution in [0.1, 0.15) is 42.5 Å². The number of carbonyl (C=O) groups is 1. The van der Waals surface area contributed by atoms with Crippen molar-refractivity contribution in [1.82, 2.24) is 4.90 Å². The van der Waals surface area contributed by atoms with E-state index < -0.39 is 5.97 Å². The summed E-state index contributed by atoms with van der Waals surface area (Å²) in [6, 6.07) is 8.04. The lowest BCUT2D eigenvalue weighted by molar-refractivity contribution is 0.0697. The fraction of sp³-hybridized carbons (Fsp3) is 0.588. The molecule has 2 fully saturated rings. The summed E-state index contributed by atoms with van der Waals surface area (Å²) in [5, 5.41) is 9.09. The third kappa shape index (κ3) is 3.38. The van der Waals surface area contributed by atoms with Crippen molar-refractivity contribution in [3.8, 4) is 0 Å². The molecule has 0 saturated carbocycles. The van der Waals surface area contributed by atoms with Gasteiger partial charge in [0.2, 0.25) is 0 Å². The minimum Gasteiger partial charge on any atom is -0.478 e. The molecular weight excluding hydrogens is 264 g/mol. The number of carboxylic acid groups (broad SMARTS) is 1. The number of hydrogen-bond acceptors (Lipinski definition) is 3. The number of benzene rings is 1. The average Bonchev–Trinajstić information content (AvgIpc) is 2.56. The van der Waals surface area contributed by atoms with E-state index in [9.17, 15) is 4.79 Å². The van der Waals surface area contributed by atoms with Gasteiger partial charge in [0, 0.05) is 24.8 Å². The zero-order valence-corrected chi connectivity index (χ0v) is 12.5. The molecule has 0 bridgehead atoms. The Bertz CT molecular complexity index is 489. The van der Waals surface area contributed by atoms with Crippen LogP contribution in [-0.2, 0) is 0 Å². The molecule has 0 radical (unpaired) electrons. The molecular formula is C17H24N2O2. The van der Waals surface area contributed by atoms with Gasteiger partial charge in [0.25, 0.3) is 0 Å². The number of aromatic carboxylic acids is 1. The predicted octanol–water partition coefficient (Wildman–Crippen LogP) is 2.84. The van der Waals surface area contributed by atoms with Crippen molar-refractivity contribution >= 4 is 11.7 Å². The summed E-state index contributed by atoms with van der Waals surface area (Å²) in [4.78, 5) is 16.1. The van der Waals surface area contributed by atoms with Crippen LogP contribution in [0.15, 0.2) is 24.3 Å². The van der Waals surface area contributed by atoms with Gasteiger partial charge in [0.15, 0.2) is 0 Å². The summed E-state index contributed by atoms with van der Waals surface area (Å²) in [5.41, 5.74) is 1.43. The van der Waals surface area contributed by atoms with Gasteiger partial charge < -0.3 is 14.9 Å². The molecule has 114 valence electrons. The fourth-order valence-electron chi connectivity index (χ4n) is 3.61. The van der Waals surface area contributed by atoms with Crippen LogP contribution in [0.3, 0.4) is 0 Å². The summed E-state index contributed by atoms with van der Waals surface area (Å²) in [5.74, 6) is -0.847. The summed E-state index contributed by atoms with van der Waals surface area (Å²) in [6.07, 6.45) is 6.47. The number of carboxylic acids is 1. The second-order valence-corrected chi connectivity index (χ2v) is 6.17. The topological polar surface area (TPSA) is 43.8 Å². The van der Waals surface area contributed by atoms with Gasteiger partial charge >= 0.3 is 5.97 Å². The molecule has 3 rings (SSSR count).